The molecule has 0 aliphatic carbocycles. The molecule has 0 N–H and O–H groups in total. The Kier molecular flexibility index (Phi) is 18.0. The van der Waals surface area contributed by atoms with Crippen LogP contribution in [-0.2, 0) is 0 Å². The summed E-state index contributed by atoms with van der Waals surface area (Å²) in [6, 6.07) is 164. The molecule has 0 unspecified atom stereocenters. The second-order valence-electron chi connectivity index (χ2n) is 32.2. The van der Waals surface area contributed by atoms with Crippen LogP contribution in [0.2, 0.25) is 0 Å². The number of hydrogen-bond donors (Lipinski definition) is 0. The van der Waals surface area contributed by atoms with E-state index in [-0.39, 0.29) is 0 Å². The van der Waals surface area contributed by atoms with Crippen molar-refractivity contribution in [1.82, 2.24) is 46.7 Å². The maximum Gasteiger partial charge on any atom is 0.168 e. The van der Waals surface area contributed by atoms with Gasteiger partial charge in [0, 0.05) is 152 Å². The average Bonchev–Trinajstić information content (AvgIpc) is 1.57. The fraction of sp³-hybridized carbons (Fsp3) is 0. The third kappa shape index (κ3) is 12.7. The van der Waals surface area contributed by atoms with Crippen LogP contribution in [0.1, 0.15) is 0 Å². The summed E-state index contributed by atoms with van der Waals surface area (Å²) in [6.45, 7) is 0. The zero-order chi connectivity index (χ0) is 83.8. The fourth-order valence-corrected chi connectivity index (χ4v) is 19.2. The molecule has 0 bridgehead atoms. The fourth-order valence-electron chi connectivity index (χ4n) is 19.2. The molecule has 0 saturated heterocycles. The molecular formula is C116H79N11. The van der Waals surface area contributed by atoms with E-state index in [2.05, 4.69) is 495 Å². The highest BCUT2D eigenvalue weighted by Crippen LogP contribution is 2.44. The number of para-hydroxylation sites is 10. The quantitative estimate of drug-likeness (QED) is 0.116. The Hall–Kier alpha value is -17.3. The number of aromatic nitrogens is 10. The van der Waals surface area contributed by atoms with Gasteiger partial charge in [-0.15, -0.1) is 10.2 Å². The van der Waals surface area contributed by atoms with Crippen LogP contribution in [0.4, 0.5) is 17.1 Å². The van der Waals surface area contributed by atoms with E-state index < -0.39 is 0 Å². The molecular weight excluding hydrogens is 1550 g/mol. The van der Waals surface area contributed by atoms with Gasteiger partial charge in [-0.05, 0) is 218 Å². The highest BCUT2D eigenvalue weighted by molar-refractivity contribution is 6.17. The van der Waals surface area contributed by atoms with Crippen molar-refractivity contribution in [3.63, 3.8) is 0 Å². The van der Waals surface area contributed by atoms with Crippen molar-refractivity contribution in [3.8, 4) is 68.3 Å². The van der Waals surface area contributed by atoms with Crippen LogP contribution in [0, 0.1) is 0 Å². The largest absolute Gasteiger partial charge is 0.317 e. The monoisotopic (exact) mass is 1630 g/mol. The molecule has 0 aliphatic heterocycles. The van der Waals surface area contributed by atoms with Crippen molar-refractivity contribution >= 4 is 137 Å². The number of hydrogen-bond acceptors (Lipinski definition) is 3. The summed E-state index contributed by atoms with van der Waals surface area (Å²) in [5.74, 6) is 1.62. The predicted octanol–water partition coefficient (Wildman–Crippen LogP) is 29.7. The molecule has 26 rings (SSSR count). The van der Waals surface area contributed by atoms with E-state index in [4.69, 9.17) is 0 Å². The summed E-state index contributed by atoms with van der Waals surface area (Å²) in [4.78, 5) is 2.30. The Morgan fingerprint density at radius 3 is 0.772 bits per heavy atom. The second kappa shape index (κ2) is 31.0. The number of fused-ring (bicyclic) bond motifs is 15. The van der Waals surface area contributed by atoms with E-state index in [1.165, 1.54) is 143 Å². The first-order chi connectivity index (χ1) is 63.0. The van der Waals surface area contributed by atoms with E-state index in [9.17, 15) is 0 Å². The lowest BCUT2D eigenvalue weighted by Gasteiger charge is -2.25. The molecule has 0 aliphatic rings. The van der Waals surface area contributed by atoms with Crippen LogP contribution in [0.25, 0.3) is 188 Å². The number of anilines is 3. The van der Waals surface area contributed by atoms with Gasteiger partial charge in [0.1, 0.15) is 0 Å². The Bertz CT molecular complexity index is 8480. The van der Waals surface area contributed by atoms with Crippen LogP contribution < -0.4 is 4.90 Å². The summed E-state index contributed by atoms with van der Waals surface area (Å²) < 4.78 is 18.5. The molecule has 0 fully saturated rings. The predicted molar refractivity (Wildman–Crippen MR) is 528 cm³/mol. The first-order valence-electron chi connectivity index (χ1n) is 43.1. The van der Waals surface area contributed by atoms with Crippen molar-refractivity contribution in [2.45, 2.75) is 0 Å². The molecule has 18 aromatic carbocycles. The van der Waals surface area contributed by atoms with E-state index >= 15 is 0 Å². The molecule has 0 saturated carbocycles. The average molecular weight is 1630 g/mol. The minimum absolute atomic E-state index is 0.810. The molecule has 0 radical (unpaired) electrons. The molecule has 8 aromatic heterocycles. The smallest absolute Gasteiger partial charge is 0.168 e. The van der Waals surface area contributed by atoms with Gasteiger partial charge in [0.25, 0.3) is 0 Å². The highest BCUT2D eigenvalue weighted by atomic mass is 15.3. The Labute approximate surface area is 731 Å². The minimum Gasteiger partial charge on any atom is -0.317 e. The number of rotatable bonds is 13. The molecule has 8 heterocycles. The molecule has 598 valence electrons. The molecule has 0 atom stereocenters. The number of nitrogens with zero attached hydrogens (tertiary/aromatic N) is 11. The van der Waals surface area contributed by atoms with E-state index in [0.717, 1.165) is 62.6 Å². The van der Waals surface area contributed by atoms with Crippen molar-refractivity contribution in [1.29, 1.82) is 0 Å². The first-order valence-corrected chi connectivity index (χ1v) is 43.1. The first kappa shape index (κ1) is 73.6. The second-order valence-corrected chi connectivity index (χ2v) is 32.2. The molecule has 11 heteroatoms. The summed E-state index contributed by atoms with van der Waals surface area (Å²) in [6.07, 6.45) is 6.51. The van der Waals surface area contributed by atoms with Gasteiger partial charge < -0.3 is 36.9 Å². The zero-order valence-electron chi connectivity index (χ0n) is 69.0. The third-order valence-corrected chi connectivity index (χ3v) is 25.0. The Morgan fingerprint density at radius 2 is 0.409 bits per heavy atom. The lowest BCUT2D eigenvalue weighted by molar-refractivity contribution is 1.07. The zero-order valence-corrected chi connectivity index (χ0v) is 69.0. The maximum absolute atomic E-state index is 4.65. The van der Waals surface area contributed by atoms with Gasteiger partial charge in [-0.1, -0.05) is 243 Å². The third-order valence-electron chi connectivity index (χ3n) is 25.0. The summed E-state index contributed by atoms with van der Waals surface area (Å²) in [5, 5.41) is 23.0. The lowest BCUT2D eigenvalue weighted by atomic mass is 10.1. The van der Waals surface area contributed by atoms with Crippen LogP contribution in [-0.4, -0.2) is 46.7 Å². The van der Waals surface area contributed by atoms with Gasteiger partial charge in [0.05, 0.1) is 60.7 Å². The van der Waals surface area contributed by atoms with Gasteiger partial charge >= 0.3 is 0 Å². The van der Waals surface area contributed by atoms with Crippen LogP contribution >= 0.6 is 0 Å². The summed E-state index contributed by atoms with van der Waals surface area (Å²) >= 11 is 0. The number of benzene rings is 18. The summed E-state index contributed by atoms with van der Waals surface area (Å²) in [7, 11) is 0. The van der Waals surface area contributed by atoms with Crippen molar-refractivity contribution in [2.24, 2.45) is 0 Å². The molecule has 26 aromatic rings. The van der Waals surface area contributed by atoms with Crippen molar-refractivity contribution < 1.29 is 0 Å². The minimum atomic E-state index is 0.810. The topological polar surface area (TPSA) is 68.5 Å². The van der Waals surface area contributed by atoms with Gasteiger partial charge in [0.2, 0.25) is 0 Å². The molecule has 11 nitrogen and oxygen atoms in total. The van der Waals surface area contributed by atoms with Gasteiger partial charge in [-0.3, -0.25) is 4.57 Å². The summed E-state index contributed by atoms with van der Waals surface area (Å²) in [5.41, 5.74) is 27.8. The van der Waals surface area contributed by atoms with E-state index in [1.807, 2.05) is 36.4 Å². The van der Waals surface area contributed by atoms with Gasteiger partial charge in [0.15, 0.2) is 11.6 Å². The van der Waals surface area contributed by atoms with Crippen LogP contribution in [0.15, 0.2) is 480 Å². The van der Waals surface area contributed by atoms with Gasteiger partial charge in [-0.2, -0.15) is 0 Å². The Balaban J connectivity index is 0.000000106. The van der Waals surface area contributed by atoms with Crippen LogP contribution in [0.5, 0.6) is 0 Å². The van der Waals surface area contributed by atoms with Crippen molar-refractivity contribution in [2.75, 3.05) is 4.90 Å². The Morgan fingerprint density at radius 1 is 0.157 bits per heavy atom. The SMILES string of the molecule is c1ccc(-c2nnc(-c3ccccc3)n2-c2ccc(-n3c4ccccc4c4cc5c(ccn5-c5ccccc5)cc43)cc2)cc1.c1ccc(-n2ccc3cc4c(cc32)c2ccccc2n4-c2ccc3c(c2)c2ccccc2n3-c2ccccc2)cc1.c1ccc(N(c2ccccc2)c2ccc(-n3c4ccccc4c4cc5c(ccn5-c5ccccc5)cc43)cc2)cc1. The molecule has 127 heavy (non-hydrogen) atoms. The van der Waals surface area contributed by atoms with E-state index in [1.54, 1.807) is 0 Å². The van der Waals surface area contributed by atoms with Crippen LogP contribution in [0.3, 0.4) is 0 Å². The van der Waals surface area contributed by atoms with E-state index in [0.29, 0.717) is 0 Å². The standard InChI is InChI=1S/C40H27N5.C38H25N3.C38H27N3/c1-4-12-28(13-5-1)39-41-42-40(29-14-6-2-7-15-29)45(39)33-22-20-32(21-23-33)44-36-19-11-10-18-34(36)35-27-37-30(26-38(35)44)24-25-43(37)31-16-8-3-9-17-31;1-3-11-27(12-4-1)39-22-21-26-23-38-33(25-37(26)39)31-16-8-10-18-35(31)41(38)29-19-20-36-32(24-29)30-15-7-9-17-34(30)40(36)28-13-5-2-6-14-28;1-4-12-29(13-5-1)39-25-24-28-26-38-35(27-37(28)39)34-18-10-11-19-36(34)41(38)33-22-20-32(21-23-33)40(30-14-6-2-7-15-30)31-16-8-3-9-17-31/h1-27H;1-25H;1-27H. The lowest BCUT2D eigenvalue weighted by Crippen LogP contribution is -2.09. The molecule has 0 amide bonds. The maximum atomic E-state index is 4.65. The van der Waals surface area contributed by atoms with Gasteiger partial charge in [-0.25, -0.2) is 0 Å². The van der Waals surface area contributed by atoms with Crippen molar-refractivity contribution in [3.05, 3.63) is 480 Å². The highest BCUT2D eigenvalue weighted by Gasteiger charge is 2.24. The molecule has 0 spiro atoms. The normalized spacial score (nSPS) is 11.6.